The number of primary amides is 1. The second kappa shape index (κ2) is 10.6. The van der Waals surface area contributed by atoms with E-state index in [-0.39, 0.29) is 11.9 Å². The average molecular weight is 409 g/mol. The van der Waals surface area contributed by atoms with Gasteiger partial charge in [0.15, 0.2) is 0 Å². The van der Waals surface area contributed by atoms with Gasteiger partial charge in [-0.3, -0.25) is 4.79 Å². The molecule has 0 aliphatic rings. The third kappa shape index (κ3) is 6.15. The molecule has 0 spiro atoms. The maximum atomic E-state index is 12.3. The number of benzene rings is 4. The van der Waals surface area contributed by atoms with Crippen LogP contribution in [-0.2, 0) is 0 Å². The highest BCUT2D eigenvalue weighted by atomic mass is 16.5. The largest absolute Gasteiger partial charge is 0.422 e. The molecular weight excluding hydrogens is 386 g/mol. The van der Waals surface area contributed by atoms with Crippen molar-refractivity contribution in [3.63, 3.8) is 0 Å². The van der Waals surface area contributed by atoms with Crippen molar-refractivity contribution in [2.24, 2.45) is 5.73 Å². The molecule has 4 rings (SSSR count). The molecule has 4 aromatic rings. The standard InChI is InChI=1S/C20H16O2.C7H7NO/c1-15-12-13-19(18(14-15)16-8-4-2-5-9-16)22-20(21)17-10-6-3-7-11-17;8-7(9)6-4-2-1-3-5-6/h2-14H,1H3;1-5H,(H2,8,9). The lowest BCUT2D eigenvalue weighted by atomic mass is 10.0. The van der Waals surface area contributed by atoms with Crippen LogP contribution in [0.25, 0.3) is 11.1 Å². The molecule has 31 heavy (non-hydrogen) atoms. The van der Waals surface area contributed by atoms with Crippen LogP contribution in [0.4, 0.5) is 0 Å². The van der Waals surface area contributed by atoms with Gasteiger partial charge < -0.3 is 10.5 Å². The summed E-state index contributed by atoms with van der Waals surface area (Å²) in [5.74, 6) is -0.150. The number of nitrogens with two attached hydrogens (primary N) is 1. The molecule has 0 heterocycles. The van der Waals surface area contributed by atoms with Crippen LogP contribution in [0.15, 0.2) is 109 Å². The third-order valence-electron chi connectivity index (χ3n) is 4.49. The number of rotatable bonds is 4. The van der Waals surface area contributed by atoms with Gasteiger partial charge in [-0.25, -0.2) is 4.79 Å². The highest BCUT2D eigenvalue weighted by molar-refractivity contribution is 5.93. The molecule has 1 amide bonds. The molecule has 0 aromatic heterocycles. The molecule has 0 aliphatic carbocycles. The molecule has 154 valence electrons. The topological polar surface area (TPSA) is 69.4 Å². The first-order chi connectivity index (χ1) is 15.0. The number of carbonyl (C=O) groups excluding carboxylic acids is 2. The van der Waals surface area contributed by atoms with E-state index in [0.29, 0.717) is 16.9 Å². The van der Waals surface area contributed by atoms with E-state index in [9.17, 15) is 9.59 Å². The molecule has 4 aromatic carbocycles. The number of hydrogen-bond donors (Lipinski definition) is 1. The van der Waals surface area contributed by atoms with E-state index in [0.717, 1.165) is 16.7 Å². The summed E-state index contributed by atoms with van der Waals surface area (Å²) in [6, 6.07) is 33.5. The highest BCUT2D eigenvalue weighted by Crippen LogP contribution is 2.31. The molecule has 2 N–H and O–H groups in total. The van der Waals surface area contributed by atoms with Crippen LogP contribution in [0.2, 0.25) is 0 Å². The lowest BCUT2D eigenvalue weighted by Gasteiger charge is -2.11. The van der Waals surface area contributed by atoms with E-state index in [1.807, 2.05) is 79.7 Å². The number of amides is 1. The quantitative estimate of drug-likeness (QED) is 0.349. The Morgan fingerprint density at radius 1 is 0.677 bits per heavy atom. The molecule has 0 aliphatic heterocycles. The van der Waals surface area contributed by atoms with E-state index < -0.39 is 0 Å². The minimum absolute atomic E-state index is 0.346. The lowest BCUT2D eigenvalue weighted by molar-refractivity contribution is 0.0735. The summed E-state index contributed by atoms with van der Waals surface area (Å²) in [4.78, 5) is 22.7. The first-order valence-corrected chi connectivity index (χ1v) is 9.83. The van der Waals surface area contributed by atoms with E-state index in [1.165, 1.54) is 0 Å². The Balaban J connectivity index is 0.000000254. The van der Waals surface area contributed by atoms with Crippen molar-refractivity contribution in [3.05, 3.63) is 126 Å². The minimum Gasteiger partial charge on any atom is -0.422 e. The average Bonchev–Trinajstić information content (AvgIpc) is 2.82. The molecule has 0 atom stereocenters. The fraction of sp³-hybridized carbons (Fsp3) is 0.0370. The Morgan fingerprint density at radius 2 is 1.19 bits per heavy atom. The van der Waals surface area contributed by atoms with Crippen molar-refractivity contribution >= 4 is 11.9 Å². The molecule has 4 heteroatoms. The van der Waals surface area contributed by atoms with Crippen molar-refractivity contribution < 1.29 is 14.3 Å². The molecule has 0 bridgehead atoms. The van der Waals surface area contributed by atoms with Gasteiger partial charge in [0.2, 0.25) is 5.91 Å². The summed E-state index contributed by atoms with van der Waals surface area (Å²) in [6.07, 6.45) is 0. The second-order valence-electron chi connectivity index (χ2n) is 6.85. The van der Waals surface area contributed by atoms with Crippen LogP contribution in [0.3, 0.4) is 0 Å². The first kappa shape index (κ1) is 21.5. The Labute approximate surface area is 181 Å². The Hall–Kier alpha value is -4.18. The van der Waals surface area contributed by atoms with Gasteiger partial charge in [0.1, 0.15) is 5.75 Å². The number of hydrogen-bond acceptors (Lipinski definition) is 3. The predicted molar refractivity (Wildman–Crippen MR) is 123 cm³/mol. The van der Waals surface area contributed by atoms with Crippen LogP contribution in [-0.4, -0.2) is 11.9 Å². The maximum absolute atomic E-state index is 12.3. The zero-order valence-electron chi connectivity index (χ0n) is 17.2. The molecule has 0 saturated carbocycles. The summed E-state index contributed by atoms with van der Waals surface area (Å²) < 4.78 is 5.60. The van der Waals surface area contributed by atoms with E-state index in [2.05, 4.69) is 0 Å². The van der Waals surface area contributed by atoms with E-state index >= 15 is 0 Å². The first-order valence-electron chi connectivity index (χ1n) is 9.83. The minimum atomic E-state index is -0.379. The van der Waals surface area contributed by atoms with Gasteiger partial charge in [-0.2, -0.15) is 0 Å². The lowest BCUT2D eigenvalue weighted by Crippen LogP contribution is -2.09. The molecule has 4 nitrogen and oxygen atoms in total. The summed E-state index contributed by atoms with van der Waals surface area (Å²) in [7, 11) is 0. The van der Waals surface area contributed by atoms with Gasteiger partial charge in [-0.05, 0) is 48.9 Å². The predicted octanol–water partition coefficient (Wildman–Crippen LogP) is 5.67. The van der Waals surface area contributed by atoms with Crippen molar-refractivity contribution in [1.82, 2.24) is 0 Å². The van der Waals surface area contributed by atoms with Gasteiger partial charge in [-0.1, -0.05) is 78.4 Å². The zero-order chi connectivity index (χ0) is 22.1. The van der Waals surface area contributed by atoms with Gasteiger partial charge >= 0.3 is 5.97 Å². The fourth-order valence-corrected chi connectivity index (χ4v) is 2.91. The Bertz CT molecular complexity index is 1140. The van der Waals surface area contributed by atoms with Crippen molar-refractivity contribution in [2.45, 2.75) is 6.92 Å². The maximum Gasteiger partial charge on any atom is 0.343 e. The highest BCUT2D eigenvalue weighted by Gasteiger charge is 2.12. The monoisotopic (exact) mass is 409 g/mol. The van der Waals surface area contributed by atoms with Gasteiger partial charge in [0.25, 0.3) is 0 Å². The van der Waals surface area contributed by atoms with Gasteiger partial charge in [0, 0.05) is 11.1 Å². The molecule has 0 radical (unpaired) electrons. The Kier molecular flexibility index (Phi) is 7.33. The Morgan fingerprint density at radius 3 is 1.71 bits per heavy atom. The van der Waals surface area contributed by atoms with Crippen molar-refractivity contribution in [1.29, 1.82) is 0 Å². The molecule has 0 unspecified atom stereocenters. The fourth-order valence-electron chi connectivity index (χ4n) is 2.91. The molecule has 0 saturated heterocycles. The van der Waals surface area contributed by atoms with Crippen LogP contribution in [0.1, 0.15) is 26.3 Å². The van der Waals surface area contributed by atoms with E-state index in [4.69, 9.17) is 10.5 Å². The third-order valence-corrected chi connectivity index (χ3v) is 4.49. The van der Waals surface area contributed by atoms with Crippen LogP contribution >= 0.6 is 0 Å². The normalized spacial score (nSPS) is 9.84. The summed E-state index contributed by atoms with van der Waals surface area (Å²) >= 11 is 0. The number of aryl methyl sites for hydroxylation is 1. The summed E-state index contributed by atoms with van der Waals surface area (Å²) in [5, 5.41) is 0. The van der Waals surface area contributed by atoms with Crippen molar-refractivity contribution in [2.75, 3.05) is 0 Å². The number of esters is 1. The summed E-state index contributed by atoms with van der Waals surface area (Å²) in [5.41, 5.74) is 9.15. The van der Waals surface area contributed by atoms with Crippen LogP contribution in [0, 0.1) is 6.92 Å². The molecule has 0 fully saturated rings. The summed E-state index contributed by atoms with van der Waals surface area (Å²) in [6.45, 7) is 2.02. The second-order valence-corrected chi connectivity index (χ2v) is 6.85. The zero-order valence-corrected chi connectivity index (χ0v) is 17.2. The van der Waals surface area contributed by atoms with Crippen LogP contribution in [0.5, 0.6) is 5.75 Å². The van der Waals surface area contributed by atoms with Crippen molar-refractivity contribution in [3.8, 4) is 16.9 Å². The smallest absolute Gasteiger partial charge is 0.343 e. The SMILES string of the molecule is Cc1ccc(OC(=O)c2ccccc2)c(-c2ccccc2)c1.NC(=O)c1ccccc1. The van der Waals surface area contributed by atoms with Crippen LogP contribution < -0.4 is 10.5 Å². The van der Waals surface area contributed by atoms with Gasteiger partial charge in [0.05, 0.1) is 5.56 Å². The number of ether oxygens (including phenoxy) is 1. The molecular formula is C27H23NO3. The van der Waals surface area contributed by atoms with Gasteiger partial charge in [-0.15, -0.1) is 0 Å². The number of carbonyl (C=O) groups is 2. The van der Waals surface area contributed by atoms with E-state index in [1.54, 1.807) is 36.4 Å².